The Balaban J connectivity index is 0.000000408. The van der Waals surface area contributed by atoms with Crippen LogP contribution < -0.4 is 9.61 Å². The van der Waals surface area contributed by atoms with Crippen LogP contribution in [0.15, 0.2) is 146 Å². The number of carbonyl (C=O) groups is 9. The van der Waals surface area contributed by atoms with Gasteiger partial charge in [0.15, 0.2) is 35.2 Å². The fraction of sp³-hybridized carbons (Fsp3) is 0.500. The van der Waals surface area contributed by atoms with E-state index < -0.39 is 140 Å². The van der Waals surface area contributed by atoms with Gasteiger partial charge in [0, 0.05) is 42.0 Å². The van der Waals surface area contributed by atoms with Crippen molar-refractivity contribution in [1.29, 1.82) is 0 Å². The number of nitrogens with zero attached hydrogens (tertiary/aromatic N) is 2. The van der Waals surface area contributed by atoms with E-state index in [2.05, 4.69) is 40.6 Å². The molecule has 6 aliphatic heterocycles. The van der Waals surface area contributed by atoms with Crippen molar-refractivity contribution in [3.63, 3.8) is 0 Å². The molecule has 2 amide bonds. The molecule has 0 aromatic heterocycles. The summed E-state index contributed by atoms with van der Waals surface area (Å²) in [4.78, 5) is 112. The SMILES string of the molecule is C.C.C.C.CC(C)C#C[C@@]1(O)[C@H](O)[C@@H](CO)O[C@H]1N1C=CC(=O)CC1=O.CC(C)C#C[C@@]1(O)[C@H](O)[C@@H](COP(=S)(N[C@@H](C)C(=O)OC(C)C)Oc2ccccc2)O[C@H]1N1C=CC(=O)CC1=O.CC[C@H]1O[C@H](OC(=O)c2ccccc2)C(=O)[C@@H]1C.CC[C@H]1O[C@H](OC(=O)c2ccccc2)[C@](C#CC(C)C)(OC(=O)c2ccccc2)[C@@H]1C. The number of esters is 4. The van der Waals surface area contributed by atoms with E-state index in [1.165, 1.54) is 24.6 Å². The molecule has 1 unspecified atom stereocenters. The Morgan fingerprint density at radius 2 is 0.991 bits per heavy atom. The average molecular weight is 1640 g/mol. The van der Waals surface area contributed by atoms with Crippen molar-refractivity contribution >= 4 is 71.5 Å². The molecule has 4 aromatic carbocycles. The molecule has 6 heterocycles. The largest absolute Gasteiger partial charge is 0.462 e. The average Bonchev–Trinajstić information content (AvgIpc) is 1.62. The van der Waals surface area contributed by atoms with Gasteiger partial charge in [-0.15, -0.1) is 0 Å². The molecule has 4 aromatic rings. The van der Waals surface area contributed by atoms with Gasteiger partial charge in [-0.2, -0.15) is 0 Å². The minimum Gasteiger partial charge on any atom is -0.462 e. The highest BCUT2D eigenvalue weighted by atomic mass is 32.5. The number of hydrogen-bond donors (Lipinski definition) is 6. The predicted molar refractivity (Wildman–Crippen MR) is 433 cm³/mol. The normalized spacial score (nSPS) is 27.0. The summed E-state index contributed by atoms with van der Waals surface area (Å²) in [7, 11) is 0. The third-order valence-corrected chi connectivity index (χ3v) is 20.3. The molecule has 628 valence electrons. The number of allylic oxidation sites excluding steroid dienone is 2. The van der Waals surface area contributed by atoms with Gasteiger partial charge < -0.3 is 72.5 Å². The van der Waals surface area contributed by atoms with Gasteiger partial charge in [-0.25, -0.2) is 19.5 Å². The summed E-state index contributed by atoms with van der Waals surface area (Å²) in [5, 5.41) is 55.7. The van der Waals surface area contributed by atoms with E-state index in [4.69, 9.17) is 58.7 Å². The van der Waals surface area contributed by atoms with Gasteiger partial charge in [0.1, 0.15) is 36.2 Å². The summed E-state index contributed by atoms with van der Waals surface area (Å²) < 4.78 is 56.9. The van der Waals surface area contributed by atoms with Crippen LogP contribution in [0, 0.1) is 65.1 Å². The van der Waals surface area contributed by atoms with Gasteiger partial charge in [-0.1, -0.05) is 201 Å². The van der Waals surface area contributed by atoms with Gasteiger partial charge >= 0.3 is 30.5 Å². The molecule has 0 bridgehead atoms. The van der Waals surface area contributed by atoms with Crippen LogP contribution in [0.4, 0.5) is 0 Å². The molecular weight excluding hydrogens is 1520 g/mol. The van der Waals surface area contributed by atoms with E-state index in [1.807, 2.05) is 66.7 Å². The van der Waals surface area contributed by atoms with Crippen molar-refractivity contribution in [2.45, 2.75) is 236 Å². The van der Waals surface area contributed by atoms with E-state index in [0.717, 1.165) is 16.2 Å². The zero-order valence-corrected chi connectivity index (χ0v) is 65.9. The van der Waals surface area contributed by atoms with Crippen molar-refractivity contribution in [2.24, 2.45) is 29.6 Å². The maximum Gasteiger partial charge on any atom is 0.340 e. The number of hydrogen-bond acceptors (Lipinski definition) is 25. The summed E-state index contributed by atoms with van der Waals surface area (Å²) in [5.41, 5.74) is -4.46. The number of para-hydroxylation sites is 1. The third-order valence-electron chi connectivity index (χ3n) is 17.8. The number of rotatable bonds is 20. The molecule has 0 radical (unpaired) electrons. The van der Waals surface area contributed by atoms with Gasteiger partial charge in [-0.05, 0) is 112 Å². The number of ether oxygens (including phenoxy) is 8. The number of benzene rings is 4. The molecular formula is C86H114N3O24PS. The summed E-state index contributed by atoms with van der Waals surface area (Å²) in [5.74, 6) is 12.4. The highest BCUT2D eigenvalue weighted by Gasteiger charge is 2.61. The topological polar surface area (TPSA) is 366 Å². The number of amides is 2. The lowest BCUT2D eigenvalue weighted by Gasteiger charge is -2.34. The van der Waals surface area contributed by atoms with Crippen LogP contribution in [0.2, 0.25) is 0 Å². The first-order chi connectivity index (χ1) is 52.5. The first kappa shape index (κ1) is 100. The molecule has 27 nitrogen and oxygen atoms in total. The smallest absolute Gasteiger partial charge is 0.340 e. The van der Waals surface area contributed by atoms with Crippen LogP contribution in [0.5, 0.6) is 5.75 Å². The van der Waals surface area contributed by atoms with Crippen molar-refractivity contribution in [2.75, 3.05) is 13.2 Å². The Hall–Kier alpha value is -9.12. The highest BCUT2D eigenvalue weighted by molar-refractivity contribution is 8.09. The molecule has 115 heavy (non-hydrogen) atoms. The quantitative estimate of drug-likeness (QED) is 0.0157. The van der Waals surface area contributed by atoms with Crippen molar-refractivity contribution in [1.82, 2.24) is 14.9 Å². The molecule has 0 spiro atoms. The van der Waals surface area contributed by atoms with Crippen molar-refractivity contribution in [3.8, 4) is 41.3 Å². The molecule has 6 aliphatic rings. The lowest BCUT2D eigenvalue weighted by molar-refractivity contribution is -0.156. The molecule has 6 N–H and O–H groups in total. The summed E-state index contributed by atoms with van der Waals surface area (Å²) in [6, 6.07) is 33.6. The molecule has 29 heteroatoms. The van der Waals surface area contributed by atoms with E-state index in [0.29, 0.717) is 28.9 Å². The van der Waals surface area contributed by atoms with Crippen LogP contribution in [0.3, 0.4) is 0 Å². The zero-order valence-electron chi connectivity index (χ0n) is 64.2. The van der Waals surface area contributed by atoms with Gasteiger partial charge in [-0.3, -0.25) is 38.6 Å². The summed E-state index contributed by atoms with van der Waals surface area (Å²) in [6.07, 6.45) is -5.69. The molecule has 4 fully saturated rings. The number of carbonyl (C=O) groups excluding carboxylic acids is 9. The fourth-order valence-corrected chi connectivity index (χ4v) is 14.2. The Morgan fingerprint density at radius 3 is 1.41 bits per heavy atom. The highest BCUT2D eigenvalue weighted by Crippen LogP contribution is 2.48. The van der Waals surface area contributed by atoms with E-state index >= 15 is 0 Å². The second-order valence-electron chi connectivity index (χ2n) is 28.0. The Kier molecular flexibility index (Phi) is 39.5. The van der Waals surface area contributed by atoms with Crippen LogP contribution in [0.25, 0.3) is 0 Å². The van der Waals surface area contributed by atoms with Crippen molar-refractivity contribution in [3.05, 3.63) is 163 Å². The molecule has 0 saturated carbocycles. The van der Waals surface area contributed by atoms with E-state index in [9.17, 15) is 68.7 Å². The number of nitrogens with one attached hydrogen (secondary N) is 1. The summed E-state index contributed by atoms with van der Waals surface area (Å²) >= 11 is 5.70. The van der Waals surface area contributed by atoms with Gasteiger partial charge in [0.05, 0.1) is 61.1 Å². The van der Waals surface area contributed by atoms with Crippen LogP contribution in [-0.4, -0.2) is 192 Å². The van der Waals surface area contributed by atoms with Crippen LogP contribution in [0.1, 0.15) is 176 Å². The first-order valence-electron chi connectivity index (χ1n) is 36.5. The van der Waals surface area contributed by atoms with Gasteiger partial charge in [0.2, 0.25) is 23.2 Å². The number of ketones is 3. The first-order valence-corrected chi connectivity index (χ1v) is 39.1. The lowest BCUT2D eigenvalue weighted by atomic mass is 9.85. The maximum atomic E-state index is 13.0. The Bertz CT molecular complexity index is 4230. The molecule has 0 aliphatic carbocycles. The number of Topliss-reactive ketones (excluding diaryl/α,β-unsaturated/α-hetero) is 1. The Morgan fingerprint density at radius 1 is 0.574 bits per heavy atom. The Labute approximate surface area is 681 Å². The molecule has 17 atom stereocenters. The predicted octanol–water partition coefficient (Wildman–Crippen LogP) is 10.4. The van der Waals surface area contributed by atoms with Crippen LogP contribution >= 0.6 is 6.64 Å². The second-order valence-corrected chi connectivity index (χ2v) is 31.1. The third kappa shape index (κ3) is 26.2. The van der Waals surface area contributed by atoms with Gasteiger partial charge in [0.25, 0.3) is 12.6 Å². The van der Waals surface area contributed by atoms with E-state index in [-0.39, 0.29) is 95.6 Å². The standard InChI is InChI=1S/C27H35N2O9PS.C26H28O5.C15H19NO6.C14H16O4.4CH4/c1-17(2)11-13-27(34)24(32)22(37-26(27)29-14-12-20(30)15-23(29)31)16-35-39(40,38-21-9-7-6-8-10-21)28-19(5)25(33)36-18(3)4;1-5-22-19(4)26(17-16-18(2)3,31-24(28)21-14-10-7-11-15-21)25(29-22)30-23(27)20-12-8-6-9-13-20;1-9(2)3-5-15(21)13(20)11(8-17)22-14(15)16-6-4-10(18)7-12(16)19;1-3-11-9(2)12(15)14(17-11)18-13(16)10-7-5-4-6-8-10;;;;/h6-10,12,14,17-19,22,24,26,32,34H,15-16H2,1-5H3,(H,28,40);6-15,18-19,22,25H,5H2,1-4H3;4,6,9,11,13-14,17,20-21H,7-8H2,1-2H3;4-9,11,14H,3H2,1-2H3;4*1H4/t19-,22+,24+,26+,27+,39?;19-,22-,25-,26-;11-,13-,14-,15-;9-,11-,14-;;;;/m0111..../s1. The minimum absolute atomic E-state index is 0. The molecule has 10 rings (SSSR count). The molecule has 4 saturated heterocycles. The van der Waals surface area contributed by atoms with Crippen LogP contribution in [-0.2, 0) is 83.0 Å². The van der Waals surface area contributed by atoms with Crippen molar-refractivity contribution < 1.29 is 116 Å². The lowest BCUT2D eigenvalue weighted by Crippen LogP contribution is -2.55. The zero-order chi connectivity index (χ0) is 81.7. The maximum absolute atomic E-state index is 13.0. The number of aliphatic hydroxyl groups is 5. The summed E-state index contributed by atoms with van der Waals surface area (Å²) in [6.45, 7) is 19.3. The second kappa shape index (κ2) is 45.4. The number of aliphatic hydroxyl groups excluding tert-OH is 3. The minimum atomic E-state index is -3.48. The monoisotopic (exact) mass is 1640 g/mol. The van der Waals surface area contributed by atoms with E-state index in [1.54, 1.807) is 145 Å². The fourth-order valence-electron chi connectivity index (χ4n) is 11.8.